The largest absolute Gasteiger partial charge is 0.273 e. The fourth-order valence-electron chi connectivity index (χ4n) is 4.95. The van der Waals surface area contributed by atoms with E-state index >= 15 is 0 Å². The molecule has 0 aliphatic carbocycles. The van der Waals surface area contributed by atoms with Crippen molar-refractivity contribution in [1.29, 1.82) is 0 Å². The predicted octanol–water partition coefficient (Wildman–Crippen LogP) is 6.37. The Morgan fingerprint density at radius 1 is 0.625 bits per heavy atom. The van der Waals surface area contributed by atoms with Gasteiger partial charge in [-0.25, -0.2) is 0 Å². The maximum Gasteiger partial charge on any atom is 0.261 e. The van der Waals surface area contributed by atoms with Crippen molar-refractivity contribution in [2.45, 2.75) is 47.2 Å². The lowest BCUT2D eigenvalue weighted by atomic mass is 10.0. The summed E-state index contributed by atoms with van der Waals surface area (Å²) >= 11 is 7.08. The van der Waals surface area contributed by atoms with Crippen molar-refractivity contribution >= 4 is 34.8 Å². The van der Waals surface area contributed by atoms with Gasteiger partial charge in [-0.3, -0.25) is 19.4 Å². The van der Waals surface area contributed by atoms with Crippen LogP contribution >= 0.6 is 11.6 Å². The molecule has 0 N–H and O–H groups in total. The minimum Gasteiger partial charge on any atom is -0.273 e. The number of amides is 2. The number of rotatable bonds is 2. The molecule has 164 valence electrons. The third-order valence-corrected chi connectivity index (χ3v) is 6.39. The van der Waals surface area contributed by atoms with Gasteiger partial charge in [0.1, 0.15) is 0 Å². The van der Waals surface area contributed by atoms with E-state index < -0.39 is 5.62 Å². The maximum atomic E-state index is 13.8. The van der Waals surface area contributed by atoms with Gasteiger partial charge in [-0.2, -0.15) is 0 Å². The van der Waals surface area contributed by atoms with Gasteiger partial charge in [-0.1, -0.05) is 59.1 Å². The number of aryl methyl sites for hydroxylation is 6. The molecule has 1 heterocycles. The topological polar surface area (TPSA) is 40.6 Å². The average molecular weight is 447 g/mol. The summed E-state index contributed by atoms with van der Waals surface area (Å²) in [7, 11) is 0. The lowest BCUT2D eigenvalue weighted by Gasteiger charge is -2.36. The molecule has 0 bridgehead atoms. The summed E-state index contributed by atoms with van der Waals surface area (Å²) in [5.41, 5.74) is 7.11. The number of benzene rings is 3. The van der Waals surface area contributed by atoms with E-state index in [4.69, 9.17) is 11.6 Å². The zero-order chi connectivity index (χ0) is 23.3. The zero-order valence-corrected chi connectivity index (χ0v) is 20.0. The second kappa shape index (κ2) is 8.10. The first-order chi connectivity index (χ1) is 15.1. The molecule has 0 fully saturated rings. The van der Waals surface area contributed by atoms with Crippen LogP contribution in [0.25, 0.3) is 0 Å². The van der Waals surface area contributed by atoms with Gasteiger partial charge < -0.3 is 0 Å². The highest BCUT2D eigenvalue weighted by molar-refractivity contribution is 6.33. The molecule has 3 aromatic carbocycles. The van der Waals surface area contributed by atoms with Gasteiger partial charge in [0, 0.05) is 0 Å². The van der Waals surface area contributed by atoms with Gasteiger partial charge in [0.15, 0.2) is 5.62 Å². The predicted molar refractivity (Wildman–Crippen MR) is 131 cm³/mol. The lowest BCUT2D eigenvalue weighted by molar-refractivity contribution is 0.0982. The molecule has 0 unspecified atom stereocenters. The average Bonchev–Trinajstić information content (AvgIpc) is 2.78. The van der Waals surface area contributed by atoms with Gasteiger partial charge in [0.25, 0.3) is 11.8 Å². The van der Waals surface area contributed by atoms with Crippen molar-refractivity contribution in [2.75, 3.05) is 9.80 Å². The van der Waals surface area contributed by atoms with Crippen LogP contribution in [0.4, 0.5) is 11.4 Å². The highest BCUT2D eigenvalue weighted by Crippen LogP contribution is 2.39. The Morgan fingerprint density at radius 2 is 0.938 bits per heavy atom. The third kappa shape index (κ3) is 3.49. The molecule has 3 aromatic rings. The number of alkyl halides is 1. The summed E-state index contributed by atoms with van der Waals surface area (Å²) in [6.45, 7) is 11.9. The molecule has 0 aromatic heterocycles. The summed E-state index contributed by atoms with van der Waals surface area (Å²) in [6, 6.07) is 15.1. The van der Waals surface area contributed by atoms with Crippen LogP contribution in [0.3, 0.4) is 0 Å². The van der Waals surface area contributed by atoms with E-state index in [-0.39, 0.29) is 11.8 Å². The molecule has 4 rings (SSSR count). The molecule has 2 amide bonds. The second-order valence-corrected chi connectivity index (χ2v) is 9.09. The molecule has 5 heteroatoms. The van der Waals surface area contributed by atoms with Crippen molar-refractivity contribution in [2.24, 2.45) is 0 Å². The smallest absolute Gasteiger partial charge is 0.261 e. The fraction of sp³-hybridized carbons (Fsp3) is 0.259. The first-order valence-electron chi connectivity index (χ1n) is 10.7. The van der Waals surface area contributed by atoms with E-state index in [9.17, 15) is 9.59 Å². The van der Waals surface area contributed by atoms with E-state index in [1.165, 1.54) is 0 Å². The minimum absolute atomic E-state index is 0.283. The second-order valence-electron chi connectivity index (χ2n) is 8.70. The monoisotopic (exact) mass is 446 g/mol. The third-order valence-electron chi connectivity index (χ3n) is 6.00. The SMILES string of the molecule is Cc1cc(C)c(N2C(=O)c3ccccc3C(=O)N(c3c(C)cc(C)cc3C)C2Cl)c(C)c1. The van der Waals surface area contributed by atoms with Crippen molar-refractivity contribution in [3.63, 3.8) is 0 Å². The van der Waals surface area contributed by atoms with E-state index in [0.717, 1.165) is 44.8 Å². The number of anilines is 2. The number of carbonyl (C=O) groups excluding carboxylic acids is 2. The van der Waals surface area contributed by atoms with Crippen LogP contribution in [0.2, 0.25) is 0 Å². The molecule has 0 atom stereocenters. The first kappa shape index (κ1) is 22.1. The van der Waals surface area contributed by atoms with E-state index in [0.29, 0.717) is 11.1 Å². The van der Waals surface area contributed by atoms with Crippen LogP contribution in [0, 0.1) is 41.5 Å². The fourth-order valence-corrected chi connectivity index (χ4v) is 5.32. The molecular formula is C27H27ClN2O2. The van der Waals surface area contributed by atoms with Crippen LogP contribution in [-0.2, 0) is 0 Å². The summed E-state index contributed by atoms with van der Waals surface area (Å²) in [4.78, 5) is 30.8. The highest BCUT2D eigenvalue weighted by Gasteiger charge is 2.41. The normalized spacial score (nSPS) is 14.6. The van der Waals surface area contributed by atoms with Crippen molar-refractivity contribution < 1.29 is 9.59 Å². The molecule has 0 saturated heterocycles. The van der Waals surface area contributed by atoms with Crippen LogP contribution in [0.15, 0.2) is 48.5 Å². The van der Waals surface area contributed by atoms with Gasteiger partial charge in [0.05, 0.1) is 22.5 Å². The number of nitrogens with zero attached hydrogens (tertiary/aromatic N) is 2. The summed E-state index contributed by atoms with van der Waals surface area (Å²) < 4.78 is 0. The van der Waals surface area contributed by atoms with Gasteiger partial charge in [-0.05, 0) is 75.9 Å². The lowest BCUT2D eigenvalue weighted by Crippen LogP contribution is -2.49. The Morgan fingerprint density at radius 3 is 1.25 bits per heavy atom. The summed E-state index contributed by atoms with van der Waals surface area (Å²) in [6.07, 6.45) is 0. The Hall–Kier alpha value is -3.11. The highest BCUT2D eigenvalue weighted by atomic mass is 35.5. The maximum absolute atomic E-state index is 13.8. The zero-order valence-electron chi connectivity index (χ0n) is 19.3. The Balaban J connectivity index is 2.03. The molecule has 32 heavy (non-hydrogen) atoms. The van der Waals surface area contributed by atoms with Gasteiger partial charge in [0.2, 0.25) is 0 Å². The Bertz CT molecular complexity index is 1120. The molecule has 0 radical (unpaired) electrons. The van der Waals surface area contributed by atoms with Gasteiger partial charge in [-0.15, -0.1) is 0 Å². The van der Waals surface area contributed by atoms with Crippen LogP contribution in [0.5, 0.6) is 0 Å². The standard InChI is InChI=1S/C27H27ClN2O2/c1-15-11-17(3)23(18(4)12-15)29-25(31)21-9-7-8-10-22(21)26(32)30(27(29)28)24-19(5)13-16(2)14-20(24)6/h7-14,27H,1-6H3. The van der Waals surface area contributed by atoms with Crippen LogP contribution in [-0.4, -0.2) is 17.4 Å². The number of carbonyl (C=O) groups is 2. The quantitative estimate of drug-likeness (QED) is 0.339. The number of fused-ring (bicyclic) bond motifs is 1. The number of hydrogen-bond acceptors (Lipinski definition) is 2. The van der Waals surface area contributed by atoms with Crippen LogP contribution < -0.4 is 9.80 Å². The molecule has 4 nitrogen and oxygen atoms in total. The Labute approximate surface area is 194 Å². The summed E-state index contributed by atoms with van der Waals surface area (Å²) in [5.74, 6) is -0.567. The number of hydrogen-bond donors (Lipinski definition) is 0. The minimum atomic E-state index is -1.03. The summed E-state index contributed by atoms with van der Waals surface area (Å²) in [5, 5.41) is 0. The van der Waals surface area contributed by atoms with Gasteiger partial charge >= 0.3 is 0 Å². The van der Waals surface area contributed by atoms with Crippen molar-refractivity contribution in [1.82, 2.24) is 0 Å². The van der Waals surface area contributed by atoms with Crippen molar-refractivity contribution in [3.8, 4) is 0 Å². The molecule has 1 aliphatic heterocycles. The van der Waals surface area contributed by atoms with Crippen molar-refractivity contribution in [3.05, 3.63) is 93.0 Å². The van der Waals surface area contributed by atoms with Crippen LogP contribution in [0.1, 0.15) is 54.1 Å². The van der Waals surface area contributed by atoms with E-state index in [2.05, 4.69) is 0 Å². The van der Waals surface area contributed by atoms with E-state index in [1.54, 1.807) is 34.1 Å². The molecule has 0 saturated carbocycles. The molecular weight excluding hydrogens is 420 g/mol. The Kier molecular flexibility index (Phi) is 5.59. The first-order valence-corrected chi connectivity index (χ1v) is 11.1. The number of halogens is 1. The molecule has 1 aliphatic rings. The van der Waals surface area contributed by atoms with E-state index in [1.807, 2.05) is 65.8 Å². The molecule has 0 spiro atoms.